The zero-order valence-corrected chi connectivity index (χ0v) is 9.57. The lowest BCUT2D eigenvalue weighted by atomic mass is 9.88. The number of nitrogens with one attached hydrogen (secondary N) is 1. The minimum atomic E-state index is -4.58. The van der Waals surface area contributed by atoms with Crippen molar-refractivity contribution in [2.24, 2.45) is 0 Å². The molecule has 2 N–H and O–H groups in total. The average Bonchev–Trinajstić information content (AvgIpc) is 2.70. The van der Waals surface area contributed by atoms with E-state index in [4.69, 9.17) is 5.11 Å². The highest BCUT2D eigenvalue weighted by atomic mass is 19.4. The maximum absolute atomic E-state index is 12.9. The van der Waals surface area contributed by atoms with Crippen LogP contribution in [0.4, 0.5) is 13.2 Å². The van der Waals surface area contributed by atoms with Crippen molar-refractivity contribution >= 4 is 11.9 Å². The quantitative estimate of drug-likeness (QED) is 0.862. The summed E-state index contributed by atoms with van der Waals surface area (Å²) in [6.45, 7) is 0. The van der Waals surface area contributed by atoms with Crippen LogP contribution in [0.25, 0.3) is 0 Å². The van der Waals surface area contributed by atoms with Crippen LogP contribution in [-0.4, -0.2) is 23.0 Å². The van der Waals surface area contributed by atoms with Crippen LogP contribution in [0.3, 0.4) is 0 Å². The molecule has 0 saturated carbocycles. The fourth-order valence-corrected chi connectivity index (χ4v) is 2.25. The SMILES string of the molecule is O=C1C[C@H](c2ccccc2C(F)(F)F)[C@@H](C(=O)O)N1. The highest BCUT2D eigenvalue weighted by Crippen LogP contribution is 2.38. The predicted molar refractivity (Wildman–Crippen MR) is 58.4 cm³/mol. The summed E-state index contributed by atoms with van der Waals surface area (Å²) in [5.41, 5.74) is -1.07. The number of carboxylic acids is 1. The molecule has 0 bridgehead atoms. The summed E-state index contributed by atoms with van der Waals surface area (Å²) in [7, 11) is 0. The third kappa shape index (κ3) is 2.54. The number of amides is 1. The Balaban J connectivity index is 2.47. The Kier molecular flexibility index (Phi) is 3.21. The normalized spacial score (nSPS) is 23.2. The number of carbonyl (C=O) groups excluding carboxylic acids is 1. The van der Waals surface area contributed by atoms with Gasteiger partial charge in [-0.1, -0.05) is 18.2 Å². The zero-order chi connectivity index (χ0) is 14.2. The lowest BCUT2D eigenvalue weighted by Crippen LogP contribution is -2.36. The van der Waals surface area contributed by atoms with E-state index in [1.165, 1.54) is 18.2 Å². The van der Waals surface area contributed by atoms with Gasteiger partial charge in [-0.3, -0.25) is 4.79 Å². The molecule has 1 saturated heterocycles. The topological polar surface area (TPSA) is 66.4 Å². The van der Waals surface area contributed by atoms with E-state index in [1.807, 2.05) is 0 Å². The largest absolute Gasteiger partial charge is 0.480 e. The molecule has 1 amide bonds. The van der Waals surface area contributed by atoms with E-state index in [9.17, 15) is 22.8 Å². The molecule has 0 aliphatic carbocycles. The maximum Gasteiger partial charge on any atom is 0.416 e. The molecule has 1 heterocycles. The first-order chi connectivity index (χ1) is 8.80. The molecule has 7 heteroatoms. The highest BCUT2D eigenvalue weighted by molar-refractivity contribution is 5.89. The molecule has 1 aromatic rings. The van der Waals surface area contributed by atoms with Gasteiger partial charge in [0.1, 0.15) is 6.04 Å². The Labute approximate surface area is 106 Å². The Morgan fingerprint density at radius 2 is 1.95 bits per heavy atom. The number of hydrogen-bond donors (Lipinski definition) is 2. The summed E-state index contributed by atoms with van der Waals surface area (Å²) in [4.78, 5) is 22.2. The van der Waals surface area contributed by atoms with Crippen molar-refractivity contribution in [3.05, 3.63) is 35.4 Å². The minimum absolute atomic E-state index is 0.166. The van der Waals surface area contributed by atoms with Gasteiger partial charge in [-0.15, -0.1) is 0 Å². The molecule has 1 aliphatic rings. The van der Waals surface area contributed by atoms with Crippen LogP contribution < -0.4 is 5.32 Å². The second kappa shape index (κ2) is 4.56. The molecule has 0 aromatic heterocycles. The molecule has 2 atom stereocenters. The first-order valence-corrected chi connectivity index (χ1v) is 5.49. The molecule has 2 rings (SSSR count). The summed E-state index contributed by atoms with van der Waals surface area (Å²) < 4.78 is 38.6. The van der Waals surface area contributed by atoms with Crippen LogP contribution in [-0.2, 0) is 15.8 Å². The van der Waals surface area contributed by atoms with Crippen LogP contribution in [0.5, 0.6) is 0 Å². The second-order valence-corrected chi connectivity index (χ2v) is 4.28. The first kappa shape index (κ1) is 13.4. The van der Waals surface area contributed by atoms with Crippen LogP contribution in [0.1, 0.15) is 23.5 Å². The van der Waals surface area contributed by atoms with Gasteiger partial charge in [-0.2, -0.15) is 13.2 Å². The Morgan fingerprint density at radius 3 is 2.53 bits per heavy atom. The van der Waals surface area contributed by atoms with Crippen molar-refractivity contribution in [2.75, 3.05) is 0 Å². The van der Waals surface area contributed by atoms with Gasteiger partial charge in [0, 0.05) is 12.3 Å². The number of alkyl halides is 3. The summed E-state index contributed by atoms with van der Waals surface area (Å²) in [5, 5.41) is 11.1. The number of carbonyl (C=O) groups is 2. The fraction of sp³-hybridized carbons (Fsp3) is 0.333. The van der Waals surface area contributed by atoms with Gasteiger partial charge in [-0.25, -0.2) is 4.79 Å². The van der Waals surface area contributed by atoms with Crippen molar-refractivity contribution in [2.45, 2.75) is 24.6 Å². The van der Waals surface area contributed by atoms with Crippen LogP contribution in [0.15, 0.2) is 24.3 Å². The van der Waals surface area contributed by atoms with Gasteiger partial charge < -0.3 is 10.4 Å². The van der Waals surface area contributed by atoms with E-state index >= 15 is 0 Å². The third-order valence-electron chi connectivity index (χ3n) is 3.06. The van der Waals surface area contributed by atoms with Gasteiger partial charge in [0.25, 0.3) is 0 Å². The molecular formula is C12H10F3NO3. The Morgan fingerprint density at radius 1 is 1.32 bits per heavy atom. The third-order valence-corrected chi connectivity index (χ3v) is 3.06. The van der Waals surface area contributed by atoms with Crippen LogP contribution in [0.2, 0.25) is 0 Å². The molecule has 102 valence electrons. The van der Waals surface area contributed by atoms with E-state index in [2.05, 4.69) is 5.32 Å². The van der Waals surface area contributed by atoms with Crippen LogP contribution >= 0.6 is 0 Å². The summed E-state index contributed by atoms with van der Waals surface area (Å²) in [6.07, 6.45) is -4.84. The summed E-state index contributed by atoms with van der Waals surface area (Å²) in [5.74, 6) is -2.91. The highest BCUT2D eigenvalue weighted by Gasteiger charge is 2.43. The van der Waals surface area contributed by atoms with Crippen LogP contribution in [0, 0.1) is 0 Å². The number of halogens is 3. The number of hydrogen-bond acceptors (Lipinski definition) is 2. The van der Waals surface area contributed by atoms with E-state index in [0.717, 1.165) is 6.07 Å². The Bertz CT molecular complexity index is 527. The summed E-state index contributed by atoms with van der Waals surface area (Å²) in [6, 6.07) is 3.40. The van der Waals surface area contributed by atoms with Gasteiger partial charge in [0.15, 0.2) is 0 Å². The number of benzene rings is 1. The number of carboxylic acid groups (broad SMARTS) is 1. The van der Waals surface area contributed by atoms with Crippen molar-refractivity contribution < 1.29 is 27.9 Å². The van der Waals surface area contributed by atoms with Gasteiger partial charge in [0.05, 0.1) is 5.56 Å². The second-order valence-electron chi connectivity index (χ2n) is 4.28. The molecule has 1 fully saturated rings. The van der Waals surface area contributed by atoms with Gasteiger partial charge in [0.2, 0.25) is 5.91 Å². The number of aliphatic carboxylic acids is 1. The molecule has 4 nitrogen and oxygen atoms in total. The lowest BCUT2D eigenvalue weighted by Gasteiger charge is -2.19. The molecule has 1 aliphatic heterocycles. The Hall–Kier alpha value is -2.05. The van der Waals surface area contributed by atoms with E-state index < -0.39 is 35.6 Å². The molecular weight excluding hydrogens is 263 g/mol. The van der Waals surface area contributed by atoms with Crippen molar-refractivity contribution in [1.82, 2.24) is 5.32 Å². The van der Waals surface area contributed by atoms with Gasteiger partial charge in [-0.05, 0) is 11.6 Å². The smallest absolute Gasteiger partial charge is 0.416 e. The molecule has 19 heavy (non-hydrogen) atoms. The fourth-order valence-electron chi connectivity index (χ4n) is 2.25. The predicted octanol–water partition coefficient (Wildman–Crippen LogP) is 1.76. The monoisotopic (exact) mass is 273 g/mol. The molecule has 0 radical (unpaired) electrons. The molecule has 0 unspecified atom stereocenters. The van der Waals surface area contributed by atoms with Gasteiger partial charge >= 0.3 is 12.1 Å². The number of rotatable bonds is 2. The van der Waals surface area contributed by atoms with Crippen molar-refractivity contribution in [3.8, 4) is 0 Å². The van der Waals surface area contributed by atoms with E-state index in [1.54, 1.807) is 0 Å². The van der Waals surface area contributed by atoms with E-state index in [-0.39, 0.29) is 12.0 Å². The minimum Gasteiger partial charge on any atom is -0.480 e. The zero-order valence-electron chi connectivity index (χ0n) is 9.57. The summed E-state index contributed by atoms with van der Waals surface area (Å²) >= 11 is 0. The first-order valence-electron chi connectivity index (χ1n) is 5.49. The van der Waals surface area contributed by atoms with Crippen molar-refractivity contribution in [3.63, 3.8) is 0 Å². The maximum atomic E-state index is 12.9. The average molecular weight is 273 g/mol. The standard InChI is InChI=1S/C12H10F3NO3/c13-12(14,15)8-4-2-1-3-6(8)7-5-9(17)16-10(7)11(18)19/h1-4,7,10H,5H2,(H,16,17)(H,18,19)/t7-,10+/m1/s1. The lowest BCUT2D eigenvalue weighted by molar-refractivity contribution is -0.142. The van der Waals surface area contributed by atoms with E-state index in [0.29, 0.717) is 0 Å². The van der Waals surface area contributed by atoms with Crippen molar-refractivity contribution in [1.29, 1.82) is 0 Å². The molecule has 1 aromatic carbocycles. The molecule has 0 spiro atoms.